The molecule has 0 spiro atoms. The zero-order valence-electron chi connectivity index (χ0n) is 14.2. The van der Waals surface area contributed by atoms with Crippen LogP contribution in [0.2, 0.25) is 0 Å². The Balaban J connectivity index is 1.59. The quantitative estimate of drug-likeness (QED) is 0.442. The maximum Gasteiger partial charge on any atom is 0.206 e. The van der Waals surface area contributed by atoms with Crippen LogP contribution in [0.25, 0.3) is 0 Å². The van der Waals surface area contributed by atoms with Gasteiger partial charge in [0.05, 0.1) is 6.42 Å². The number of benzene rings is 2. The number of hydrogen-bond acceptors (Lipinski definition) is 4. The minimum atomic E-state index is -0.628. The van der Waals surface area contributed by atoms with Crippen LogP contribution in [-0.2, 0) is 22.4 Å². The number of carbonyl (C=O) groups is 3. The second kappa shape index (κ2) is 7.43. The van der Waals surface area contributed by atoms with E-state index in [0.717, 1.165) is 12.8 Å². The highest BCUT2D eigenvalue weighted by atomic mass is 16.5. The van der Waals surface area contributed by atoms with Gasteiger partial charge in [0, 0.05) is 24.8 Å². The molecule has 0 fully saturated rings. The summed E-state index contributed by atoms with van der Waals surface area (Å²) in [5.41, 5.74) is 3.05. The third-order valence-corrected chi connectivity index (χ3v) is 4.45. The molecule has 2 aromatic rings. The number of rotatable bonds is 7. The molecule has 3 rings (SSSR count). The number of fused-ring (bicyclic) bond motifs is 1. The van der Waals surface area contributed by atoms with Crippen LogP contribution in [0.15, 0.2) is 48.5 Å². The summed E-state index contributed by atoms with van der Waals surface area (Å²) < 4.78 is 6.00. The summed E-state index contributed by atoms with van der Waals surface area (Å²) in [6.45, 7) is 1.61. The largest absolute Gasteiger partial charge is 0.490 e. The van der Waals surface area contributed by atoms with Gasteiger partial charge in [0.2, 0.25) is 5.78 Å². The van der Waals surface area contributed by atoms with E-state index in [4.69, 9.17) is 4.74 Å². The van der Waals surface area contributed by atoms with E-state index in [1.807, 2.05) is 12.1 Å². The van der Waals surface area contributed by atoms with Gasteiger partial charge in [-0.05, 0) is 35.4 Å². The summed E-state index contributed by atoms with van der Waals surface area (Å²) in [5, 5.41) is 0. The van der Waals surface area contributed by atoms with Crippen molar-refractivity contribution >= 4 is 17.3 Å². The minimum absolute atomic E-state index is 0.0997. The number of ketones is 3. The van der Waals surface area contributed by atoms with E-state index in [1.54, 1.807) is 31.2 Å². The maximum absolute atomic E-state index is 12.1. The average Bonchev–Trinajstić information content (AvgIpc) is 3.03. The van der Waals surface area contributed by atoms with E-state index in [0.29, 0.717) is 11.3 Å². The molecular formula is C21H20O4. The lowest BCUT2D eigenvalue weighted by Crippen LogP contribution is -2.17. The molecule has 2 aromatic carbocycles. The first-order chi connectivity index (χ1) is 12.1. The second-order valence-electron chi connectivity index (χ2n) is 6.24. The van der Waals surface area contributed by atoms with Gasteiger partial charge in [-0.3, -0.25) is 14.4 Å². The Bertz CT molecular complexity index is 780. The van der Waals surface area contributed by atoms with Gasteiger partial charge in [-0.25, -0.2) is 0 Å². The van der Waals surface area contributed by atoms with E-state index in [1.165, 1.54) is 11.1 Å². The van der Waals surface area contributed by atoms with E-state index in [-0.39, 0.29) is 24.7 Å². The highest BCUT2D eigenvalue weighted by Crippen LogP contribution is 2.26. The molecule has 0 atom stereocenters. The molecule has 1 aliphatic rings. The molecule has 128 valence electrons. The zero-order chi connectivity index (χ0) is 17.8. The van der Waals surface area contributed by atoms with E-state index >= 15 is 0 Å². The lowest BCUT2D eigenvalue weighted by molar-refractivity contribution is -0.135. The first kappa shape index (κ1) is 17.1. The Morgan fingerprint density at radius 3 is 2.08 bits per heavy atom. The molecule has 0 N–H and O–H groups in total. The molecule has 0 unspecified atom stereocenters. The highest BCUT2D eigenvalue weighted by Gasteiger charge is 2.22. The third kappa shape index (κ3) is 4.02. The Labute approximate surface area is 146 Å². The number of hydrogen-bond donors (Lipinski definition) is 0. The van der Waals surface area contributed by atoms with Crippen molar-refractivity contribution in [2.45, 2.75) is 38.7 Å². The van der Waals surface area contributed by atoms with Crippen molar-refractivity contribution in [2.24, 2.45) is 0 Å². The Morgan fingerprint density at radius 1 is 0.920 bits per heavy atom. The van der Waals surface area contributed by atoms with E-state index in [2.05, 4.69) is 12.1 Å². The van der Waals surface area contributed by atoms with Crippen molar-refractivity contribution in [3.8, 4) is 5.75 Å². The van der Waals surface area contributed by atoms with Crippen molar-refractivity contribution < 1.29 is 19.1 Å². The summed E-state index contributed by atoms with van der Waals surface area (Å²) in [6, 6.07) is 15.1. The Hall–Kier alpha value is -2.75. The van der Waals surface area contributed by atoms with Crippen LogP contribution in [0, 0.1) is 0 Å². The lowest BCUT2D eigenvalue weighted by atomic mass is 10.0. The summed E-state index contributed by atoms with van der Waals surface area (Å²) in [6.07, 6.45) is 1.62. The smallest absolute Gasteiger partial charge is 0.206 e. The topological polar surface area (TPSA) is 60.4 Å². The molecule has 25 heavy (non-hydrogen) atoms. The molecule has 4 heteroatoms. The lowest BCUT2D eigenvalue weighted by Gasteiger charge is -2.13. The Morgan fingerprint density at radius 2 is 1.52 bits per heavy atom. The van der Waals surface area contributed by atoms with Crippen molar-refractivity contribution in [3.63, 3.8) is 0 Å². The Kier molecular flexibility index (Phi) is 5.08. The molecule has 0 amide bonds. The molecule has 0 radical (unpaired) electrons. The van der Waals surface area contributed by atoms with Crippen molar-refractivity contribution in [1.29, 1.82) is 0 Å². The fourth-order valence-electron chi connectivity index (χ4n) is 3.06. The number of Topliss-reactive ketones (excluding diaryl/α,β-unsaturated/α-hetero) is 3. The molecule has 4 nitrogen and oxygen atoms in total. The van der Waals surface area contributed by atoms with Gasteiger partial charge < -0.3 is 4.74 Å². The van der Waals surface area contributed by atoms with Gasteiger partial charge in [-0.15, -0.1) is 0 Å². The molecule has 0 aromatic heterocycles. The number of ether oxygens (including phenoxy) is 1. The average molecular weight is 336 g/mol. The van der Waals surface area contributed by atoms with E-state index in [9.17, 15) is 14.4 Å². The van der Waals surface area contributed by atoms with Crippen LogP contribution >= 0.6 is 0 Å². The molecular weight excluding hydrogens is 316 g/mol. The van der Waals surface area contributed by atoms with Crippen molar-refractivity contribution in [2.75, 3.05) is 0 Å². The monoisotopic (exact) mass is 336 g/mol. The fraction of sp³-hybridized carbons (Fsp3) is 0.286. The minimum Gasteiger partial charge on any atom is -0.490 e. The first-order valence-corrected chi connectivity index (χ1v) is 8.49. The summed E-state index contributed by atoms with van der Waals surface area (Å²) in [4.78, 5) is 34.9. The SMILES string of the molecule is CCC(=O)C(=O)CC(=O)c1ccc(OC2Cc3ccccc3C2)cc1. The predicted octanol–water partition coefficient (Wildman–Crippen LogP) is 3.35. The fourth-order valence-corrected chi connectivity index (χ4v) is 3.06. The van der Waals surface area contributed by atoms with Gasteiger partial charge in [0.15, 0.2) is 11.6 Å². The summed E-state index contributed by atoms with van der Waals surface area (Å²) in [5.74, 6) is -0.775. The predicted molar refractivity (Wildman–Crippen MR) is 94.0 cm³/mol. The van der Waals surface area contributed by atoms with Gasteiger partial charge in [0.1, 0.15) is 11.9 Å². The van der Waals surface area contributed by atoms with Gasteiger partial charge in [0.25, 0.3) is 0 Å². The first-order valence-electron chi connectivity index (χ1n) is 8.49. The molecule has 0 heterocycles. The highest BCUT2D eigenvalue weighted by molar-refractivity contribution is 6.41. The van der Waals surface area contributed by atoms with Crippen molar-refractivity contribution in [3.05, 3.63) is 65.2 Å². The van der Waals surface area contributed by atoms with Gasteiger partial charge in [-0.2, -0.15) is 0 Å². The molecule has 0 aliphatic heterocycles. The number of carbonyl (C=O) groups excluding carboxylic acids is 3. The van der Waals surface area contributed by atoms with Crippen LogP contribution in [0.5, 0.6) is 5.75 Å². The van der Waals surface area contributed by atoms with Crippen LogP contribution in [0.1, 0.15) is 41.3 Å². The van der Waals surface area contributed by atoms with Crippen LogP contribution in [0.4, 0.5) is 0 Å². The summed E-state index contributed by atoms with van der Waals surface area (Å²) in [7, 11) is 0. The molecule has 0 bridgehead atoms. The standard InChI is InChI=1S/C21H20O4/c1-2-19(22)21(24)13-20(23)14-7-9-17(10-8-14)25-18-11-15-5-3-4-6-16(15)12-18/h3-10,18H,2,11-13H2,1H3. The normalized spacial score (nSPS) is 13.3. The second-order valence-corrected chi connectivity index (χ2v) is 6.24. The maximum atomic E-state index is 12.1. The van der Waals surface area contributed by atoms with Crippen LogP contribution < -0.4 is 4.74 Å². The molecule has 0 saturated heterocycles. The molecule has 1 aliphatic carbocycles. The summed E-state index contributed by atoms with van der Waals surface area (Å²) >= 11 is 0. The van der Waals surface area contributed by atoms with Gasteiger partial charge in [-0.1, -0.05) is 31.2 Å². The van der Waals surface area contributed by atoms with Crippen molar-refractivity contribution in [1.82, 2.24) is 0 Å². The zero-order valence-corrected chi connectivity index (χ0v) is 14.2. The van der Waals surface area contributed by atoms with Crippen LogP contribution in [0.3, 0.4) is 0 Å². The van der Waals surface area contributed by atoms with Crippen LogP contribution in [-0.4, -0.2) is 23.5 Å². The van der Waals surface area contributed by atoms with Gasteiger partial charge >= 0.3 is 0 Å². The third-order valence-electron chi connectivity index (χ3n) is 4.45. The molecule has 0 saturated carbocycles. The van der Waals surface area contributed by atoms with E-state index < -0.39 is 11.6 Å².